The van der Waals surface area contributed by atoms with Crippen molar-refractivity contribution in [1.82, 2.24) is 10.3 Å². The molecule has 1 N–H and O–H groups in total. The van der Waals surface area contributed by atoms with Crippen LogP contribution in [0.25, 0.3) is 0 Å². The molecule has 0 radical (unpaired) electrons. The van der Waals surface area contributed by atoms with E-state index in [-0.39, 0.29) is 0 Å². The average Bonchev–Trinajstić information content (AvgIpc) is 2.72. The normalized spacial score (nSPS) is 17.0. The molecular weight excluding hydrogens is 180 g/mol. The molecule has 0 bridgehead atoms. The second kappa shape index (κ2) is 4.03. The highest BCUT2D eigenvalue weighted by molar-refractivity contribution is 7.09. The molecule has 1 heterocycles. The third kappa shape index (κ3) is 2.17. The van der Waals surface area contributed by atoms with Crippen LogP contribution in [0.4, 0.5) is 0 Å². The van der Waals surface area contributed by atoms with Crippen molar-refractivity contribution in [2.75, 3.05) is 0 Å². The predicted octanol–water partition coefficient (Wildman–Crippen LogP) is 2.26. The Morgan fingerprint density at radius 2 is 2.31 bits per heavy atom. The summed E-state index contributed by atoms with van der Waals surface area (Å²) in [6, 6.07) is 0.654. The molecule has 2 rings (SSSR count). The molecule has 0 aliphatic heterocycles. The summed E-state index contributed by atoms with van der Waals surface area (Å²) in [6.07, 6.45) is 6.85. The van der Waals surface area contributed by atoms with Gasteiger partial charge in [0.05, 0.1) is 11.2 Å². The first-order valence-corrected chi connectivity index (χ1v) is 5.51. The molecule has 1 aliphatic carbocycles. The number of nitrogens with one attached hydrogen (secondary N) is 1. The Kier molecular flexibility index (Phi) is 2.76. The van der Waals surface area contributed by atoms with E-state index < -0.39 is 0 Å². The maximum atomic E-state index is 4.22. The van der Waals surface area contributed by atoms with Crippen LogP contribution in [-0.4, -0.2) is 11.0 Å². The van der Waals surface area contributed by atoms with E-state index in [1.54, 1.807) is 11.3 Å². The van der Waals surface area contributed by atoms with Gasteiger partial charge in [0.1, 0.15) is 0 Å². The third-order valence-corrected chi connectivity index (χ3v) is 3.34. The lowest BCUT2D eigenvalue weighted by molar-refractivity contribution is 0.540. The molecule has 1 aliphatic rings. The van der Waals surface area contributed by atoms with Gasteiger partial charge < -0.3 is 5.32 Å². The van der Waals surface area contributed by atoms with E-state index in [0.29, 0.717) is 6.04 Å². The highest BCUT2D eigenvalue weighted by Gasteiger charge is 2.10. The smallest absolute Gasteiger partial charge is 0.0798 e. The lowest BCUT2D eigenvalue weighted by Gasteiger charge is -2.10. The number of hydrogen-bond donors (Lipinski definition) is 1. The van der Waals surface area contributed by atoms with Gasteiger partial charge in [-0.15, -0.1) is 11.3 Å². The first kappa shape index (κ1) is 8.91. The van der Waals surface area contributed by atoms with Crippen molar-refractivity contribution >= 4 is 11.3 Å². The number of aryl methyl sites for hydroxylation is 1. The number of thiazole rings is 1. The summed E-state index contributed by atoms with van der Waals surface area (Å²) in [6.45, 7) is 3.04. The molecule has 0 saturated heterocycles. The fraction of sp³-hybridized carbons (Fsp3) is 0.500. The second-order valence-corrected chi connectivity index (χ2v) is 4.32. The SMILES string of the molecule is Cc1ncsc1CNC1CC=CC1. The minimum absolute atomic E-state index is 0.654. The Hall–Kier alpha value is -0.670. The van der Waals surface area contributed by atoms with Crippen LogP contribution in [0, 0.1) is 6.92 Å². The van der Waals surface area contributed by atoms with Crippen molar-refractivity contribution in [3.63, 3.8) is 0 Å². The minimum atomic E-state index is 0.654. The van der Waals surface area contributed by atoms with Crippen LogP contribution < -0.4 is 5.32 Å². The Labute approximate surface area is 82.7 Å². The highest BCUT2D eigenvalue weighted by Crippen LogP contribution is 2.14. The quantitative estimate of drug-likeness (QED) is 0.747. The minimum Gasteiger partial charge on any atom is -0.308 e. The molecule has 0 aromatic carbocycles. The standard InChI is InChI=1S/C10H14N2S/c1-8-10(13-7-12-8)6-11-9-4-2-3-5-9/h2-3,7,9,11H,4-6H2,1H3. The van der Waals surface area contributed by atoms with Crippen molar-refractivity contribution < 1.29 is 0 Å². The molecule has 0 saturated carbocycles. The molecule has 0 atom stereocenters. The second-order valence-electron chi connectivity index (χ2n) is 3.38. The van der Waals surface area contributed by atoms with Gasteiger partial charge in [-0.25, -0.2) is 4.98 Å². The maximum Gasteiger partial charge on any atom is 0.0798 e. The van der Waals surface area contributed by atoms with Gasteiger partial charge in [-0.3, -0.25) is 0 Å². The average molecular weight is 194 g/mol. The van der Waals surface area contributed by atoms with Crippen molar-refractivity contribution in [3.05, 3.63) is 28.2 Å². The Morgan fingerprint density at radius 1 is 1.54 bits per heavy atom. The van der Waals surface area contributed by atoms with E-state index in [2.05, 4.69) is 29.4 Å². The van der Waals surface area contributed by atoms with Crippen LogP contribution in [0.5, 0.6) is 0 Å². The molecule has 3 heteroatoms. The molecule has 0 spiro atoms. The predicted molar refractivity (Wildman–Crippen MR) is 55.9 cm³/mol. The van der Waals surface area contributed by atoms with Crippen LogP contribution >= 0.6 is 11.3 Å². The Bertz CT molecular complexity index is 296. The summed E-state index contributed by atoms with van der Waals surface area (Å²) >= 11 is 1.74. The topological polar surface area (TPSA) is 24.9 Å². The molecule has 70 valence electrons. The van der Waals surface area contributed by atoms with Gasteiger partial charge in [-0.05, 0) is 19.8 Å². The van der Waals surface area contributed by atoms with Gasteiger partial charge in [0.25, 0.3) is 0 Å². The summed E-state index contributed by atoms with van der Waals surface area (Å²) in [5, 5.41) is 3.53. The molecule has 1 aromatic heterocycles. The van der Waals surface area contributed by atoms with Crippen LogP contribution in [0.1, 0.15) is 23.4 Å². The van der Waals surface area contributed by atoms with E-state index in [0.717, 1.165) is 6.54 Å². The number of nitrogens with zero attached hydrogens (tertiary/aromatic N) is 1. The Morgan fingerprint density at radius 3 is 2.92 bits per heavy atom. The van der Waals surface area contributed by atoms with Crippen molar-refractivity contribution in [2.24, 2.45) is 0 Å². The summed E-state index contributed by atoms with van der Waals surface area (Å²) in [7, 11) is 0. The van der Waals surface area contributed by atoms with Gasteiger partial charge >= 0.3 is 0 Å². The molecule has 0 unspecified atom stereocenters. The van der Waals surface area contributed by atoms with E-state index >= 15 is 0 Å². The van der Waals surface area contributed by atoms with Gasteiger partial charge in [-0.1, -0.05) is 12.2 Å². The molecule has 0 amide bonds. The molecular formula is C10H14N2S. The third-order valence-electron chi connectivity index (χ3n) is 2.40. The van der Waals surface area contributed by atoms with Crippen molar-refractivity contribution in [1.29, 1.82) is 0 Å². The van der Waals surface area contributed by atoms with Crippen LogP contribution in [0.3, 0.4) is 0 Å². The summed E-state index contributed by atoms with van der Waals surface area (Å²) in [5.74, 6) is 0. The maximum absolute atomic E-state index is 4.22. The van der Waals surface area contributed by atoms with Crippen LogP contribution in [0.2, 0.25) is 0 Å². The first-order valence-electron chi connectivity index (χ1n) is 4.63. The largest absolute Gasteiger partial charge is 0.308 e. The summed E-state index contributed by atoms with van der Waals surface area (Å²) in [5.41, 5.74) is 3.09. The van der Waals surface area contributed by atoms with Gasteiger partial charge in [0, 0.05) is 17.5 Å². The molecule has 2 nitrogen and oxygen atoms in total. The zero-order chi connectivity index (χ0) is 9.10. The fourth-order valence-electron chi connectivity index (χ4n) is 1.52. The number of rotatable bonds is 3. The lowest BCUT2D eigenvalue weighted by Crippen LogP contribution is -2.25. The first-order chi connectivity index (χ1) is 6.36. The molecule has 0 fully saturated rings. The molecule has 13 heavy (non-hydrogen) atoms. The van der Waals surface area contributed by atoms with Crippen LogP contribution in [-0.2, 0) is 6.54 Å². The zero-order valence-electron chi connectivity index (χ0n) is 7.79. The van der Waals surface area contributed by atoms with Crippen LogP contribution in [0.15, 0.2) is 17.7 Å². The fourth-order valence-corrected chi connectivity index (χ4v) is 2.24. The summed E-state index contributed by atoms with van der Waals surface area (Å²) in [4.78, 5) is 5.59. The van der Waals surface area contributed by atoms with E-state index in [9.17, 15) is 0 Å². The van der Waals surface area contributed by atoms with Gasteiger partial charge in [0.2, 0.25) is 0 Å². The number of aromatic nitrogens is 1. The molecule has 1 aromatic rings. The zero-order valence-corrected chi connectivity index (χ0v) is 8.60. The lowest BCUT2D eigenvalue weighted by atomic mass is 10.2. The van der Waals surface area contributed by atoms with E-state index in [1.807, 2.05) is 5.51 Å². The monoisotopic (exact) mass is 194 g/mol. The van der Waals surface area contributed by atoms with E-state index in [1.165, 1.54) is 23.4 Å². The van der Waals surface area contributed by atoms with Gasteiger partial charge in [0.15, 0.2) is 0 Å². The highest BCUT2D eigenvalue weighted by atomic mass is 32.1. The van der Waals surface area contributed by atoms with Crippen molar-refractivity contribution in [3.8, 4) is 0 Å². The van der Waals surface area contributed by atoms with E-state index in [4.69, 9.17) is 0 Å². The Balaban J connectivity index is 1.82. The number of hydrogen-bond acceptors (Lipinski definition) is 3. The van der Waals surface area contributed by atoms with Crippen molar-refractivity contribution in [2.45, 2.75) is 32.4 Å². The summed E-state index contributed by atoms with van der Waals surface area (Å²) < 4.78 is 0. The van der Waals surface area contributed by atoms with Gasteiger partial charge in [-0.2, -0.15) is 0 Å².